The molecule has 1 saturated heterocycles. The van der Waals surface area contributed by atoms with E-state index < -0.39 is 36.5 Å². The lowest BCUT2D eigenvalue weighted by atomic mass is 9.86. The van der Waals surface area contributed by atoms with E-state index in [-0.39, 0.29) is 34.7 Å². The molecule has 2 aliphatic rings. The van der Waals surface area contributed by atoms with Gasteiger partial charge in [0, 0.05) is 10.3 Å². The molecule has 0 aromatic carbocycles. The van der Waals surface area contributed by atoms with E-state index >= 15 is 0 Å². The smallest absolute Gasteiger partial charge is 0.353 e. The number of nitrogen functional groups attached to an aromatic ring is 2. The molecule has 0 saturated carbocycles. The van der Waals surface area contributed by atoms with Crippen LogP contribution >= 0.6 is 34.4 Å². The van der Waals surface area contributed by atoms with E-state index in [0.717, 1.165) is 28.0 Å². The Hall–Kier alpha value is -3.90. The molecule has 6 N–H and O–H groups in total. The molecular weight excluding hydrogens is 561 g/mol. The summed E-state index contributed by atoms with van der Waals surface area (Å²) in [5.74, 6) is -2.46. The zero-order chi connectivity index (χ0) is 27.0. The highest BCUT2D eigenvalue weighted by Crippen LogP contribution is 2.44. The predicted molar refractivity (Wildman–Crippen MR) is 137 cm³/mol. The van der Waals surface area contributed by atoms with Crippen molar-refractivity contribution in [3.63, 3.8) is 0 Å². The molecule has 0 spiro atoms. The minimum atomic E-state index is -1.28. The van der Waals surface area contributed by atoms with Gasteiger partial charge in [-0.15, -0.1) is 11.3 Å². The number of nitrogens with one attached hydrogen (secondary N) is 1. The van der Waals surface area contributed by atoms with E-state index in [4.69, 9.17) is 16.3 Å². The third kappa shape index (κ3) is 4.72. The summed E-state index contributed by atoms with van der Waals surface area (Å²) in [5.41, 5.74) is 11.5. The molecule has 3 aromatic heterocycles. The number of fused-ring (bicyclic) bond motifs is 2. The van der Waals surface area contributed by atoms with Crippen LogP contribution in [0.15, 0.2) is 31.8 Å². The van der Waals surface area contributed by atoms with Crippen molar-refractivity contribution in [1.29, 1.82) is 0 Å². The number of β-lactam (4-membered cyclic amide) rings is 1. The average molecular weight is 580 g/mol. The highest BCUT2D eigenvalue weighted by atomic mass is 32.2. The van der Waals surface area contributed by atoms with E-state index in [1.807, 2.05) is 0 Å². The van der Waals surface area contributed by atoms with Gasteiger partial charge in [0.25, 0.3) is 11.8 Å². The van der Waals surface area contributed by atoms with Crippen LogP contribution in [0.3, 0.4) is 0 Å². The Kier molecular flexibility index (Phi) is 7.09. The van der Waals surface area contributed by atoms with Crippen molar-refractivity contribution in [2.24, 2.45) is 5.16 Å². The molecule has 2 atom stereocenters. The lowest BCUT2D eigenvalue weighted by Gasteiger charge is -2.49. The number of carboxylic acid groups (broad SMARTS) is 1. The van der Waals surface area contributed by atoms with E-state index in [1.165, 1.54) is 23.0 Å². The van der Waals surface area contributed by atoms with Gasteiger partial charge in [0.1, 0.15) is 47.4 Å². The number of hydrogen-bond donors (Lipinski definition) is 4. The number of anilines is 2. The zero-order valence-electron chi connectivity index (χ0n) is 19.2. The Balaban J connectivity index is 1.35. The van der Waals surface area contributed by atoms with Crippen molar-refractivity contribution in [3.8, 4) is 0 Å². The molecule has 0 unspecified atom stereocenters. The lowest BCUT2D eigenvalue weighted by molar-refractivity contribution is -0.155. The van der Waals surface area contributed by atoms with Crippen molar-refractivity contribution < 1.29 is 28.7 Å². The number of thioether (sulfide) groups is 1. The van der Waals surface area contributed by atoms with Crippen molar-refractivity contribution >= 4 is 79.2 Å². The van der Waals surface area contributed by atoms with Gasteiger partial charge in [-0.3, -0.25) is 14.5 Å². The quantitative estimate of drug-likeness (QED) is 0.121. The Labute approximate surface area is 225 Å². The van der Waals surface area contributed by atoms with Crippen LogP contribution in [0.2, 0.25) is 0 Å². The summed E-state index contributed by atoms with van der Waals surface area (Å²) in [6, 6.07) is -1.59. The van der Waals surface area contributed by atoms with Crippen LogP contribution in [0, 0.1) is 0 Å². The molecule has 198 valence electrons. The van der Waals surface area contributed by atoms with Gasteiger partial charge in [0.2, 0.25) is 0 Å². The first-order valence-corrected chi connectivity index (χ1v) is 13.4. The van der Waals surface area contributed by atoms with Gasteiger partial charge < -0.3 is 26.7 Å². The number of nitrogens with zero attached hydrogens (tertiary/aromatic N) is 6. The molecule has 18 heteroatoms. The van der Waals surface area contributed by atoms with Crippen molar-refractivity contribution in [3.05, 3.63) is 28.0 Å². The Morgan fingerprint density at radius 1 is 1.34 bits per heavy atom. The van der Waals surface area contributed by atoms with Gasteiger partial charge in [-0.25, -0.2) is 29.1 Å². The number of hydrogen-bond acceptors (Lipinski definition) is 14. The van der Waals surface area contributed by atoms with Crippen LogP contribution in [0.5, 0.6) is 0 Å². The molecule has 2 aliphatic heterocycles. The number of aromatic nitrogens is 4. The normalized spacial score (nSPS) is 19.3. The molecule has 0 aliphatic carbocycles. The Bertz CT molecular complexity index is 1510. The number of carboxylic acids is 1. The summed E-state index contributed by atoms with van der Waals surface area (Å²) >= 11 is 3.42. The van der Waals surface area contributed by atoms with Crippen LogP contribution < -0.4 is 16.8 Å². The van der Waals surface area contributed by atoms with Crippen LogP contribution in [-0.2, 0) is 19.2 Å². The van der Waals surface area contributed by atoms with Gasteiger partial charge in [0.15, 0.2) is 21.0 Å². The minimum Gasteiger partial charge on any atom is -0.477 e. The second-order valence-electron chi connectivity index (χ2n) is 7.87. The number of allylic oxidation sites excluding steroid dienone is 1. The minimum absolute atomic E-state index is 0.0992. The second-order valence-corrected chi connectivity index (χ2v) is 11.1. The van der Waals surface area contributed by atoms with Crippen molar-refractivity contribution in [2.75, 3.05) is 24.7 Å². The highest BCUT2D eigenvalue weighted by Gasteiger charge is 2.54. The molecule has 0 radical (unpaired) electrons. The predicted octanol–water partition coefficient (Wildman–Crippen LogP) is 0.975. The fraction of sp³-hybridized carbons (Fsp3) is 0.300. The SMILES string of the molecule is Nc1nc(/C(=N\OCCF)C(=O)N[C@@H]2C(=O)N3C(C(=O)O)=C(Sc4nc5c(N)ncnc5s4)CC[C@H]23)cs1. The highest BCUT2D eigenvalue weighted by molar-refractivity contribution is 8.04. The number of oxime groups is 1. The van der Waals surface area contributed by atoms with E-state index in [9.17, 15) is 23.9 Å². The topological polar surface area (TPSA) is 212 Å². The first-order chi connectivity index (χ1) is 18.3. The number of nitrogens with two attached hydrogens (primary N) is 2. The Morgan fingerprint density at radius 2 is 2.16 bits per heavy atom. The van der Waals surface area contributed by atoms with Gasteiger partial charge in [-0.2, -0.15) is 0 Å². The number of carbonyl (C=O) groups excluding carboxylic acids is 2. The summed E-state index contributed by atoms with van der Waals surface area (Å²) in [4.78, 5) is 61.6. The summed E-state index contributed by atoms with van der Waals surface area (Å²) in [7, 11) is 0. The first kappa shape index (κ1) is 25.7. The molecule has 38 heavy (non-hydrogen) atoms. The maximum Gasteiger partial charge on any atom is 0.353 e. The maximum atomic E-state index is 13.1. The van der Waals surface area contributed by atoms with Crippen LogP contribution in [0.4, 0.5) is 15.3 Å². The van der Waals surface area contributed by atoms with E-state index in [2.05, 4.69) is 30.4 Å². The number of thiazole rings is 2. The molecule has 14 nitrogen and oxygen atoms in total. The largest absolute Gasteiger partial charge is 0.477 e. The number of rotatable bonds is 9. The molecule has 5 heterocycles. The van der Waals surface area contributed by atoms with Gasteiger partial charge in [0.05, 0.1) is 6.04 Å². The van der Waals surface area contributed by atoms with Crippen LogP contribution in [-0.4, -0.2) is 78.8 Å². The fourth-order valence-electron chi connectivity index (χ4n) is 3.98. The van der Waals surface area contributed by atoms with Gasteiger partial charge in [-0.1, -0.05) is 28.3 Å². The zero-order valence-corrected chi connectivity index (χ0v) is 21.6. The second kappa shape index (κ2) is 10.5. The molecule has 2 amide bonds. The third-order valence-electron chi connectivity index (χ3n) is 5.60. The number of amides is 2. The molecule has 3 aromatic rings. The number of aliphatic carboxylic acids is 1. The molecule has 1 fully saturated rings. The Morgan fingerprint density at radius 3 is 2.84 bits per heavy atom. The number of carbonyl (C=O) groups is 3. The average Bonchev–Trinajstić information content (AvgIpc) is 3.51. The molecule has 5 rings (SSSR count). The lowest BCUT2D eigenvalue weighted by Crippen LogP contribution is -2.72. The summed E-state index contributed by atoms with van der Waals surface area (Å²) in [5, 5.41) is 17.8. The fourth-order valence-corrected chi connectivity index (χ4v) is 6.74. The van der Waals surface area contributed by atoms with Crippen LogP contribution in [0.1, 0.15) is 18.5 Å². The molecular formula is C20H18FN9O5S3. The molecule has 0 bridgehead atoms. The van der Waals surface area contributed by atoms with E-state index in [1.54, 1.807) is 0 Å². The van der Waals surface area contributed by atoms with Crippen LogP contribution in [0.25, 0.3) is 10.3 Å². The summed E-state index contributed by atoms with van der Waals surface area (Å²) in [6.45, 7) is -1.20. The van der Waals surface area contributed by atoms with Gasteiger partial charge >= 0.3 is 5.97 Å². The third-order valence-corrected chi connectivity index (χ3v) is 8.44. The van der Waals surface area contributed by atoms with Gasteiger partial charge in [-0.05, 0) is 12.8 Å². The first-order valence-electron chi connectivity index (χ1n) is 10.9. The standard InChI is InChI=1S/C20H18FN9O5S3/c21-3-4-35-29-10(7-5-36-19(23)26-7)15(31)27-11-8-1-2-9(13(18(33)34)30(8)17(11)32)37-20-28-12-14(22)24-6-25-16(12)38-20/h5-6,8,11H,1-4H2,(H2,23,26)(H,27,31)(H,33,34)(H2,22,24,25)/b29-10+/t8-,11+/m1/s1. The van der Waals surface area contributed by atoms with Crippen molar-refractivity contribution in [2.45, 2.75) is 29.3 Å². The monoisotopic (exact) mass is 579 g/mol. The summed E-state index contributed by atoms with van der Waals surface area (Å²) in [6.07, 6.45) is 2.03. The number of halogens is 1. The summed E-state index contributed by atoms with van der Waals surface area (Å²) < 4.78 is 13.0. The number of alkyl halides is 1. The van der Waals surface area contributed by atoms with Crippen molar-refractivity contribution in [1.82, 2.24) is 30.2 Å². The maximum absolute atomic E-state index is 13.1. The van der Waals surface area contributed by atoms with E-state index in [0.29, 0.717) is 32.4 Å².